The zero-order valence-corrected chi connectivity index (χ0v) is 24.5. The molecule has 0 bridgehead atoms. The molecule has 1 heteroatoms. The SMILES string of the molecule is c1ccc2c(-c3cccc4c(-n5c6ccccc6c6ccccc65)cccc34)c3c4ccccc4c4ccccc4c3cc2c1. The summed E-state index contributed by atoms with van der Waals surface area (Å²) in [5.41, 5.74) is 6.22. The van der Waals surface area contributed by atoms with E-state index in [1.807, 2.05) is 0 Å². The molecule has 0 aliphatic heterocycles. The van der Waals surface area contributed by atoms with Crippen molar-refractivity contribution in [3.63, 3.8) is 0 Å². The van der Waals surface area contributed by atoms with Gasteiger partial charge in [-0.05, 0) is 83.9 Å². The molecule has 0 spiro atoms. The Morgan fingerprint density at radius 2 is 0.800 bits per heavy atom. The first kappa shape index (κ1) is 24.5. The highest BCUT2D eigenvalue weighted by molar-refractivity contribution is 6.33. The Morgan fingerprint density at radius 1 is 0.311 bits per heavy atom. The molecule has 45 heavy (non-hydrogen) atoms. The highest BCUT2D eigenvalue weighted by Crippen LogP contribution is 2.46. The van der Waals surface area contributed by atoms with Crippen molar-refractivity contribution in [1.29, 1.82) is 0 Å². The molecule has 0 atom stereocenters. The average molecular weight is 570 g/mol. The van der Waals surface area contributed by atoms with Crippen LogP contribution in [0.3, 0.4) is 0 Å². The van der Waals surface area contributed by atoms with Crippen LogP contribution >= 0.6 is 0 Å². The van der Waals surface area contributed by atoms with Crippen molar-refractivity contribution >= 4 is 75.7 Å². The minimum absolute atomic E-state index is 1.20. The first-order valence-corrected chi connectivity index (χ1v) is 15.6. The van der Waals surface area contributed by atoms with Crippen LogP contribution in [0.4, 0.5) is 0 Å². The maximum absolute atomic E-state index is 2.45. The van der Waals surface area contributed by atoms with Crippen molar-refractivity contribution in [2.45, 2.75) is 0 Å². The molecule has 0 amide bonds. The lowest BCUT2D eigenvalue weighted by molar-refractivity contribution is 1.20. The molecule has 0 aliphatic carbocycles. The number of hydrogen-bond acceptors (Lipinski definition) is 0. The number of rotatable bonds is 2. The maximum atomic E-state index is 2.45. The van der Waals surface area contributed by atoms with Crippen LogP contribution in [0.1, 0.15) is 0 Å². The quantitative estimate of drug-likeness (QED) is 0.144. The number of hydrogen-bond donors (Lipinski definition) is 0. The molecule has 10 rings (SSSR count). The zero-order chi connectivity index (χ0) is 29.5. The fourth-order valence-electron chi connectivity index (χ4n) is 7.90. The number of nitrogens with zero attached hydrogens (tertiary/aromatic N) is 1. The third-order valence-electron chi connectivity index (χ3n) is 9.74. The topological polar surface area (TPSA) is 4.93 Å². The molecule has 0 N–H and O–H groups in total. The number of fused-ring (bicyclic) bond motifs is 11. The second-order valence-corrected chi connectivity index (χ2v) is 12.0. The summed E-state index contributed by atoms with van der Waals surface area (Å²) in [5.74, 6) is 0. The van der Waals surface area contributed by atoms with Crippen molar-refractivity contribution in [2.24, 2.45) is 0 Å². The molecule has 0 unspecified atom stereocenters. The fraction of sp³-hybridized carbons (Fsp3) is 0. The third-order valence-corrected chi connectivity index (χ3v) is 9.74. The van der Waals surface area contributed by atoms with Gasteiger partial charge in [0, 0.05) is 16.2 Å². The van der Waals surface area contributed by atoms with Gasteiger partial charge in [-0.25, -0.2) is 0 Å². The summed E-state index contributed by atoms with van der Waals surface area (Å²) >= 11 is 0. The van der Waals surface area contributed by atoms with E-state index in [4.69, 9.17) is 0 Å². The predicted molar refractivity (Wildman–Crippen MR) is 194 cm³/mol. The van der Waals surface area contributed by atoms with E-state index in [9.17, 15) is 0 Å². The van der Waals surface area contributed by atoms with E-state index in [2.05, 4.69) is 168 Å². The molecule has 1 nitrogen and oxygen atoms in total. The normalized spacial score (nSPS) is 12.0. The van der Waals surface area contributed by atoms with E-state index >= 15 is 0 Å². The first-order chi connectivity index (χ1) is 22.4. The van der Waals surface area contributed by atoms with E-state index < -0.39 is 0 Å². The van der Waals surface area contributed by atoms with Gasteiger partial charge < -0.3 is 4.57 Å². The third kappa shape index (κ3) is 3.38. The lowest BCUT2D eigenvalue weighted by Gasteiger charge is -2.19. The van der Waals surface area contributed by atoms with Crippen LogP contribution in [0.15, 0.2) is 164 Å². The van der Waals surface area contributed by atoms with Crippen LogP contribution < -0.4 is 0 Å². The van der Waals surface area contributed by atoms with Crippen LogP contribution in [0.5, 0.6) is 0 Å². The molecule has 1 aromatic heterocycles. The van der Waals surface area contributed by atoms with Gasteiger partial charge in [0.15, 0.2) is 0 Å². The number of aromatic nitrogens is 1. The Balaban J connectivity index is 1.39. The van der Waals surface area contributed by atoms with Crippen LogP contribution in [-0.4, -0.2) is 4.57 Å². The van der Waals surface area contributed by atoms with Crippen molar-refractivity contribution in [2.75, 3.05) is 0 Å². The molecular weight excluding hydrogens is 542 g/mol. The lowest BCUT2D eigenvalue weighted by Crippen LogP contribution is -1.96. The summed E-state index contributed by atoms with van der Waals surface area (Å²) in [6.07, 6.45) is 0. The van der Waals surface area contributed by atoms with Gasteiger partial charge in [-0.2, -0.15) is 0 Å². The molecule has 0 radical (unpaired) electrons. The van der Waals surface area contributed by atoms with Gasteiger partial charge in [-0.3, -0.25) is 0 Å². The van der Waals surface area contributed by atoms with E-state index in [0.29, 0.717) is 0 Å². The van der Waals surface area contributed by atoms with Gasteiger partial charge in [-0.15, -0.1) is 0 Å². The molecule has 0 aliphatic rings. The molecule has 9 aromatic carbocycles. The maximum Gasteiger partial charge on any atom is 0.0541 e. The zero-order valence-electron chi connectivity index (χ0n) is 24.5. The van der Waals surface area contributed by atoms with Crippen LogP contribution in [0.2, 0.25) is 0 Å². The predicted octanol–water partition coefficient (Wildman–Crippen LogP) is 12.2. The van der Waals surface area contributed by atoms with E-state index in [1.165, 1.54) is 92.5 Å². The summed E-state index contributed by atoms with van der Waals surface area (Å²) in [6.45, 7) is 0. The Bertz CT molecular complexity index is 2760. The van der Waals surface area contributed by atoms with Gasteiger partial charge >= 0.3 is 0 Å². The summed E-state index contributed by atoms with van der Waals surface area (Å²) in [5, 5.41) is 15.4. The largest absolute Gasteiger partial charge is 0.309 e. The van der Waals surface area contributed by atoms with Gasteiger partial charge in [0.25, 0.3) is 0 Å². The second-order valence-electron chi connectivity index (χ2n) is 12.0. The van der Waals surface area contributed by atoms with Gasteiger partial charge in [0.1, 0.15) is 0 Å². The van der Waals surface area contributed by atoms with Crippen LogP contribution in [0.25, 0.3) is 92.5 Å². The van der Waals surface area contributed by atoms with Crippen molar-refractivity contribution in [3.8, 4) is 16.8 Å². The summed E-state index contributed by atoms with van der Waals surface area (Å²) < 4.78 is 2.45. The molecule has 0 saturated carbocycles. The minimum atomic E-state index is 1.20. The van der Waals surface area contributed by atoms with Gasteiger partial charge in [0.05, 0.1) is 16.7 Å². The summed E-state index contributed by atoms with van der Waals surface area (Å²) in [4.78, 5) is 0. The Labute approximate surface area is 260 Å². The van der Waals surface area contributed by atoms with E-state index in [-0.39, 0.29) is 0 Å². The Kier molecular flexibility index (Phi) is 5.06. The molecule has 0 fully saturated rings. The fourth-order valence-corrected chi connectivity index (χ4v) is 7.90. The smallest absolute Gasteiger partial charge is 0.0541 e. The Morgan fingerprint density at radius 3 is 1.51 bits per heavy atom. The lowest BCUT2D eigenvalue weighted by atomic mass is 9.85. The van der Waals surface area contributed by atoms with Crippen LogP contribution in [-0.2, 0) is 0 Å². The monoisotopic (exact) mass is 569 g/mol. The van der Waals surface area contributed by atoms with Crippen molar-refractivity contribution in [3.05, 3.63) is 164 Å². The molecule has 10 aromatic rings. The standard InChI is InChI=1S/C44H27N/c1-2-14-29-28(13-1)27-39-32-17-4-3-15-30(32)31-16-5-6-20-37(31)44(39)43(29)38-23-11-22-34-33(38)21-12-26-42(34)45-40-24-9-7-18-35(40)36-19-8-10-25-41(36)45/h1-27H. The van der Waals surface area contributed by atoms with Gasteiger partial charge in [0.2, 0.25) is 0 Å². The van der Waals surface area contributed by atoms with Gasteiger partial charge in [-0.1, -0.05) is 140 Å². The summed E-state index contributed by atoms with van der Waals surface area (Å²) in [6, 6.07) is 60.3. The number of para-hydroxylation sites is 2. The molecule has 0 saturated heterocycles. The molecule has 1 heterocycles. The van der Waals surface area contributed by atoms with E-state index in [1.54, 1.807) is 0 Å². The minimum Gasteiger partial charge on any atom is -0.309 e. The van der Waals surface area contributed by atoms with Crippen LogP contribution in [0, 0.1) is 0 Å². The average Bonchev–Trinajstić information content (AvgIpc) is 3.44. The second kappa shape index (κ2) is 9.29. The highest BCUT2D eigenvalue weighted by atomic mass is 15.0. The first-order valence-electron chi connectivity index (χ1n) is 15.6. The van der Waals surface area contributed by atoms with E-state index in [0.717, 1.165) is 0 Å². The molecular formula is C44H27N. The van der Waals surface area contributed by atoms with Crippen molar-refractivity contribution < 1.29 is 0 Å². The highest BCUT2D eigenvalue weighted by Gasteiger charge is 2.19. The van der Waals surface area contributed by atoms with Crippen molar-refractivity contribution in [1.82, 2.24) is 4.57 Å². The number of benzene rings is 9. The molecule has 208 valence electrons. The Hall–Kier alpha value is -5.92. The summed E-state index contributed by atoms with van der Waals surface area (Å²) in [7, 11) is 0.